The van der Waals surface area contributed by atoms with Crippen molar-refractivity contribution < 1.29 is 4.79 Å². The molecule has 0 saturated heterocycles. The van der Waals surface area contributed by atoms with Crippen LogP contribution in [0.5, 0.6) is 0 Å². The number of hydrogen-bond donors (Lipinski definition) is 2. The molecular formula is C11H22N4O. The Bertz CT molecular complexity index is 274. The Morgan fingerprint density at radius 3 is 2.25 bits per heavy atom. The first-order valence-corrected chi connectivity index (χ1v) is 5.85. The van der Waals surface area contributed by atoms with Crippen molar-refractivity contribution in [1.82, 2.24) is 5.32 Å². The Kier molecular flexibility index (Phi) is 3.88. The number of nitrogens with two attached hydrogens (primary N) is 1. The van der Waals surface area contributed by atoms with Crippen LogP contribution in [-0.2, 0) is 0 Å². The minimum Gasteiger partial charge on any atom is -0.352 e. The maximum Gasteiger partial charge on any atom is 0.314 e. The SMILES string of the molecule is CC(C)(C)N=NC1(NC(N)=O)CCCCC1. The van der Waals surface area contributed by atoms with E-state index in [1.165, 1.54) is 6.42 Å². The molecule has 0 aromatic rings. The maximum absolute atomic E-state index is 11.0. The number of rotatable bonds is 2. The van der Waals surface area contributed by atoms with Gasteiger partial charge < -0.3 is 11.1 Å². The number of nitrogens with one attached hydrogen (secondary N) is 1. The van der Waals surface area contributed by atoms with Gasteiger partial charge in [0.1, 0.15) is 0 Å². The predicted octanol–water partition coefficient (Wildman–Crippen LogP) is 2.57. The number of urea groups is 1. The standard InChI is InChI=1S/C11H22N4O/c1-10(2,3)14-15-11(13-9(12)16)7-5-4-6-8-11/h4-8H2,1-3H3,(H3,12,13,16). The van der Waals surface area contributed by atoms with E-state index in [9.17, 15) is 4.79 Å². The third-order valence-corrected chi connectivity index (χ3v) is 2.58. The van der Waals surface area contributed by atoms with Crippen LogP contribution in [0.3, 0.4) is 0 Å². The first-order valence-electron chi connectivity index (χ1n) is 5.85. The molecule has 16 heavy (non-hydrogen) atoms. The van der Waals surface area contributed by atoms with Crippen molar-refractivity contribution in [3.63, 3.8) is 0 Å². The van der Waals surface area contributed by atoms with Gasteiger partial charge in [0.15, 0.2) is 5.66 Å². The highest BCUT2D eigenvalue weighted by Crippen LogP contribution is 2.30. The Hall–Kier alpha value is -1.13. The second-order valence-electron chi connectivity index (χ2n) is 5.45. The van der Waals surface area contributed by atoms with Crippen molar-refractivity contribution in [2.75, 3.05) is 0 Å². The molecule has 3 N–H and O–H groups in total. The van der Waals surface area contributed by atoms with Crippen molar-refractivity contribution in [3.8, 4) is 0 Å². The highest BCUT2D eigenvalue weighted by Gasteiger charge is 2.33. The summed E-state index contributed by atoms with van der Waals surface area (Å²) >= 11 is 0. The van der Waals surface area contributed by atoms with E-state index in [1.54, 1.807) is 0 Å². The van der Waals surface area contributed by atoms with E-state index >= 15 is 0 Å². The zero-order valence-corrected chi connectivity index (χ0v) is 10.4. The summed E-state index contributed by atoms with van der Waals surface area (Å²) < 4.78 is 0. The van der Waals surface area contributed by atoms with Crippen LogP contribution in [0.15, 0.2) is 10.2 Å². The van der Waals surface area contributed by atoms with Crippen LogP contribution in [0.25, 0.3) is 0 Å². The van der Waals surface area contributed by atoms with Gasteiger partial charge in [-0.3, -0.25) is 0 Å². The van der Waals surface area contributed by atoms with Crippen LogP contribution in [0, 0.1) is 0 Å². The Morgan fingerprint density at radius 2 is 1.81 bits per heavy atom. The lowest BCUT2D eigenvalue weighted by Gasteiger charge is -2.33. The van der Waals surface area contributed by atoms with E-state index in [1.807, 2.05) is 20.8 Å². The second-order valence-corrected chi connectivity index (χ2v) is 5.45. The first kappa shape index (κ1) is 12.9. The molecule has 0 aliphatic heterocycles. The van der Waals surface area contributed by atoms with Crippen LogP contribution >= 0.6 is 0 Å². The van der Waals surface area contributed by atoms with Gasteiger partial charge in [0.2, 0.25) is 0 Å². The summed E-state index contributed by atoms with van der Waals surface area (Å²) in [5.41, 5.74) is 4.42. The smallest absolute Gasteiger partial charge is 0.314 e. The number of hydrogen-bond acceptors (Lipinski definition) is 3. The Labute approximate surface area is 96.9 Å². The first-order chi connectivity index (χ1) is 7.33. The molecule has 5 heteroatoms. The minimum absolute atomic E-state index is 0.218. The molecule has 0 bridgehead atoms. The van der Waals surface area contributed by atoms with Crippen molar-refractivity contribution >= 4 is 6.03 Å². The fourth-order valence-electron chi connectivity index (χ4n) is 1.86. The lowest BCUT2D eigenvalue weighted by Crippen LogP contribution is -2.50. The lowest BCUT2D eigenvalue weighted by molar-refractivity contribution is 0.205. The third kappa shape index (κ3) is 4.16. The van der Waals surface area contributed by atoms with Gasteiger partial charge in [-0.2, -0.15) is 10.2 Å². The van der Waals surface area contributed by atoms with Gasteiger partial charge in [0, 0.05) is 0 Å². The summed E-state index contributed by atoms with van der Waals surface area (Å²) in [6.45, 7) is 5.95. The largest absolute Gasteiger partial charge is 0.352 e. The number of primary amides is 1. The number of nitrogens with zero attached hydrogens (tertiary/aromatic N) is 2. The fourth-order valence-corrected chi connectivity index (χ4v) is 1.86. The minimum atomic E-state index is -0.558. The number of carbonyl (C=O) groups excluding carboxylic acids is 1. The molecule has 1 aliphatic rings. The van der Waals surface area contributed by atoms with Gasteiger partial charge in [-0.1, -0.05) is 6.42 Å². The van der Waals surface area contributed by atoms with Crippen LogP contribution in [0.1, 0.15) is 52.9 Å². The van der Waals surface area contributed by atoms with Gasteiger partial charge >= 0.3 is 6.03 Å². The van der Waals surface area contributed by atoms with Crippen molar-refractivity contribution in [2.45, 2.75) is 64.1 Å². The summed E-state index contributed by atoms with van der Waals surface area (Å²) in [5.74, 6) is 0. The highest BCUT2D eigenvalue weighted by atomic mass is 16.2. The lowest BCUT2D eigenvalue weighted by atomic mass is 9.89. The Balaban J connectivity index is 2.77. The van der Waals surface area contributed by atoms with Crippen LogP contribution in [0.2, 0.25) is 0 Å². The summed E-state index contributed by atoms with van der Waals surface area (Å²) in [6, 6.07) is -0.519. The summed E-state index contributed by atoms with van der Waals surface area (Å²) in [5, 5.41) is 11.3. The molecule has 1 rings (SSSR count). The zero-order chi connectivity index (χ0) is 12.2. The van der Waals surface area contributed by atoms with Crippen LogP contribution in [0.4, 0.5) is 4.79 Å². The average Bonchev–Trinajstić information content (AvgIpc) is 2.14. The van der Waals surface area contributed by atoms with E-state index in [-0.39, 0.29) is 5.54 Å². The zero-order valence-electron chi connectivity index (χ0n) is 10.4. The number of azo groups is 1. The van der Waals surface area contributed by atoms with Gasteiger partial charge in [0.25, 0.3) is 0 Å². The van der Waals surface area contributed by atoms with E-state index in [0.29, 0.717) is 0 Å². The van der Waals surface area contributed by atoms with Crippen molar-refractivity contribution in [1.29, 1.82) is 0 Å². The second kappa shape index (κ2) is 4.80. The quantitative estimate of drug-likeness (QED) is 0.697. The van der Waals surface area contributed by atoms with E-state index < -0.39 is 11.7 Å². The third-order valence-electron chi connectivity index (χ3n) is 2.58. The molecule has 0 spiro atoms. The van der Waals surface area contributed by atoms with Gasteiger partial charge in [-0.15, -0.1) is 0 Å². The fraction of sp³-hybridized carbons (Fsp3) is 0.909. The topological polar surface area (TPSA) is 79.8 Å². The molecule has 0 aromatic carbocycles. The maximum atomic E-state index is 11.0. The average molecular weight is 226 g/mol. The molecule has 1 saturated carbocycles. The summed E-state index contributed by atoms with van der Waals surface area (Å²) in [6.07, 6.45) is 4.96. The van der Waals surface area contributed by atoms with E-state index in [4.69, 9.17) is 5.73 Å². The molecule has 0 unspecified atom stereocenters. The van der Waals surface area contributed by atoms with Gasteiger partial charge in [-0.25, -0.2) is 4.79 Å². The molecule has 0 radical (unpaired) electrons. The molecule has 1 aliphatic carbocycles. The summed E-state index contributed by atoms with van der Waals surface area (Å²) in [4.78, 5) is 11.0. The molecule has 0 heterocycles. The van der Waals surface area contributed by atoms with Crippen LogP contribution < -0.4 is 11.1 Å². The molecule has 5 nitrogen and oxygen atoms in total. The summed E-state index contributed by atoms with van der Waals surface area (Å²) in [7, 11) is 0. The highest BCUT2D eigenvalue weighted by molar-refractivity contribution is 5.72. The van der Waals surface area contributed by atoms with Gasteiger partial charge in [-0.05, 0) is 46.5 Å². The monoisotopic (exact) mass is 226 g/mol. The van der Waals surface area contributed by atoms with E-state index in [0.717, 1.165) is 25.7 Å². The molecule has 2 amide bonds. The van der Waals surface area contributed by atoms with Crippen molar-refractivity contribution in [3.05, 3.63) is 0 Å². The molecule has 0 atom stereocenters. The number of amides is 2. The predicted molar refractivity (Wildman–Crippen MR) is 63.1 cm³/mol. The van der Waals surface area contributed by atoms with E-state index in [2.05, 4.69) is 15.5 Å². The normalized spacial score (nSPS) is 20.9. The Morgan fingerprint density at radius 1 is 1.25 bits per heavy atom. The van der Waals surface area contributed by atoms with Crippen LogP contribution in [-0.4, -0.2) is 17.2 Å². The van der Waals surface area contributed by atoms with Gasteiger partial charge in [0.05, 0.1) is 5.54 Å². The number of carbonyl (C=O) groups is 1. The molecule has 1 fully saturated rings. The molecule has 0 aromatic heterocycles. The molecular weight excluding hydrogens is 204 g/mol. The molecule has 92 valence electrons. The van der Waals surface area contributed by atoms with Crippen molar-refractivity contribution in [2.24, 2.45) is 16.0 Å².